The van der Waals surface area contributed by atoms with Crippen LogP contribution in [0.3, 0.4) is 0 Å². The summed E-state index contributed by atoms with van der Waals surface area (Å²) in [7, 11) is 0. The third-order valence-corrected chi connectivity index (χ3v) is 2.79. The molecule has 0 fully saturated rings. The number of thiazole rings is 1. The van der Waals surface area contributed by atoms with Gasteiger partial charge in [0.05, 0.1) is 5.01 Å². The molecule has 1 aromatic heterocycles. The molecule has 1 rings (SSSR count). The molecule has 3 heteroatoms. The molecule has 0 unspecified atom stereocenters. The van der Waals surface area contributed by atoms with Crippen molar-refractivity contribution >= 4 is 33.3 Å². The van der Waals surface area contributed by atoms with Crippen molar-refractivity contribution in [3.63, 3.8) is 0 Å². The van der Waals surface area contributed by atoms with Gasteiger partial charge in [-0.15, -0.1) is 11.3 Å². The molecule has 0 aliphatic heterocycles. The Hall–Kier alpha value is -0.150. The van der Waals surface area contributed by atoms with Crippen LogP contribution < -0.4 is 0 Å². The van der Waals surface area contributed by atoms with Gasteiger partial charge in [0.1, 0.15) is 0 Å². The lowest BCUT2D eigenvalue weighted by molar-refractivity contribution is 0.852. The summed E-state index contributed by atoms with van der Waals surface area (Å²) in [6.07, 6.45) is 3.90. The molecule has 1 nitrogen and oxygen atoms in total. The van der Waals surface area contributed by atoms with E-state index in [1.165, 1.54) is 9.88 Å². The van der Waals surface area contributed by atoms with Gasteiger partial charge in [-0.25, -0.2) is 4.98 Å². The van der Waals surface area contributed by atoms with Crippen molar-refractivity contribution < 1.29 is 0 Å². The fraction of sp³-hybridized carbons (Fsp3) is 0.375. The summed E-state index contributed by atoms with van der Waals surface area (Å²) in [4.78, 5) is 7.33. The molecule has 0 saturated heterocycles. The van der Waals surface area contributed by atoms with Gasteiger partial charge >= 0.3 is 0 Å². The highest BCUT2D eigenvalue weighted by Gasteiger charge is 2.02. The highest BCUT2D eigenvalue weighted by Crippen LogP contribution is 2.21. The highest BCUT2D eigenvalue weighted by atomic mass is 79.9. The van der Waals surface area contributed by atoms with Crippen LogP contribution in [0.15, 0.2) is 11.2 Å². The number of aromatic nitrogens is 1. The minimum Gasteiger partial charge on any atom is -0.249 e. The molecule has 0 spiro atoms. The molecule has 0 saturated carbocycles. The van der Waals surface area contributed by atoms with Crippen LogP contribution in [0.5, 0.6) is 0 Å². The second-order valence-corrected chi connectivity index (χ2v) is 4.17. The van der Waals surface area contributed by atoms with E-state index in [2.05, 4.69) is 34.8 Å². The zero-order valence-electron chi connectivity index (χ0n) is 6.54. The zero-order valence-corrected chi connectivity index (χ0v) is 8.95. The monoisotopic (exact) mass is 231 g/mol. The Kier molecular flexibility index (Phi) is 3.27. The maximum Gasteiger partial charge on any atom is 0.0956 e. The van der Waals surface area contributed by atoms with Crippen molar-refractivity contribution in [3.8, 4) is 0 Å². The highest BCUT2D eigenvalue weighted by molar-refractivity contribution is 9.11. The number of nitrogens with zero attached hydrogens (tertiary/aromatic N) is 1. The van der Waals surface area contributed by atoms with Crippen LogP contribution in [0.25, 0.3) is 6.08 Å². The molecule has 11 heavy (non-hydrogen) atoms. The largest absolute Gasteiger partial charge is 0.249 e. The maximum atomic E-state index is 4.28. The van der Waals surface area contributed by atoms with Crippen LogP contribution in [0.4, 0.5) is 0 Å². The van der Waals surface area contributed by atoms with E-state index in [1.807, 2.05) is 17.3 Å². The summed E-state index contributed by atoms with van der Waals surface area (Å²) in [5.41, 5.74) is 0. The van der Waals surface area contributed by atoms with E-state index < -0.39 is 0 Å². The molecule has 1 heterocycles. The van der Waals surface area contributed by atoms with Crippen LogP contribution in [0.1, 0.15) is 29.7 Å². The molecule has 60 valence electrons. The Labute approximate surface area is 79.3 Å². The van der Waals surface area contributed by atoms with Gasteiger partial charge in [-0.1, -0.05) is 29.8 Å². The predicted octanol–water partition coefficient (Wildman–Crippen LogP) is 3.63. The number of hydrogen-bond donors (Lipinski definition) is 0. The molecule has 0 bridgehead atoms. The van der Waals surface area contributed by atoms with E-state index >= 15 is 0 Å². The van der Waals surface area contributed by atoms with Crippen molar-refractivity contribution in [2.75, 3.05) is 0 Å². The summed E-state index contributed by atoms with van der Waals surface area (Å²) in [5, 5.41) is 1.20. The van der Waals surface area contributed by atoms with Crippen molar-refractivity contribution in [1.82, 2.24) is 4.98 Å². The Morgan fingerprint density at radius 3 is 2.82 bits per heavy atom. The van der Waals surface area contributed by atoms with Gasteiger partial charge in [0.2, 0.25) is 0 Å². The molecule has 0 aromatic carbocycles. The molecule has 0 aliphatic rings. The lowest BCUT2D eigenvalue weighted by Gasteiger charge is -1.94. The van der Waals surface area contributed by atoms with Crippen LogP contribution >= 0.6 is 27.3 Å². The van der Waals surface area contributed by atoms with E-state index in [9.17, 15) is 0 Å². The Morgan fingerprint density at radius 2 is 2.36 bits per heavy atom. The lowest BCUT2D eigenvalue weighted by Crippen LogP contribution is -1.81. The van der Waals surface area contributed by atoms with Gasteiger partial charge in [0.15, 0.2) is 0 Å². The first-order valence-electron chi connectivity index (χ1n) is 3.46. The minimum atomic E-state index is 0.539. The van der Waals surface area contributed by atoms with Crippen molar-refractivity contribution in [2.45, 2.75) is 19.8 Å². The molecule has 0 N–H and O–H groups in total. The quantitative estimate of drug-likeness (QED) is 0.758. The number of hydrogen-bond acceptors (Lipinski definition) is 2. The zero-order chi connectivity index (χ0) is 8.27. The number of rotatable bonds is 2. The third kappa shape index (κ3) is 2.42. The van der Waals surface area contributed by atoms with Crippen LogP contribution in [0.2, 0.25) is 0 Å². The second kappa shape index (κ2) is 4.02. The van der Waals surface area contributed by atoms with E-state index in [-0.39, 0.29) is 0 Å². The average Bonchev–Trinajstić information content (AvgIpc) is 2.37. The molecule has 1 aromatic rings. The van der Waals surface area contributed by atoms with Crippen LogP contribution in [0, 0.1) is 0 Å². The predicted molar refractivity (Wildman–Crippen MR) is 54.2 cm³/mol. The summed E-state index contributed by atoms with van der Waals surface area (Å²) in [5.74, 6) is 0.539. The first kappa shape index (κ1) is 8.94. The van der Waals surface area contributed by atoms with Crippen molar-refractivity contribution in [3.05, 3.63) is 21.1 Å². The first-order chi connectivity index (χ1) is 5.24. The summed E-state index contributed by atoms with van der Waals surface area (Å²) < 4.78 is 0. The third-order valence-electron chi connectivity index (χ3n) is 1.26. The Balaban J connectivity index is 2.81. The summed E-state index contributed by atoms with van der Waals surface area (Å²) in [6.45, 7) is 4.31. The van der Waals surface area contributed by atoms with E-state index in [0.717, 1.165) is 0 Å². The molecule has 0 radical (unpaired) electrons. The average molecular weight is 232 g/mol. The molecular formula is C8H10BrNS. The van der Waals surface area contributed by atoms with Gasteiger partial charge < -0.3 is 0 Å². The second-order valence-electron chi connectivity index (χ2n) is 2.55. The van der Waals surface area contributed by atoms with E-state index in [0.29, 0.717) is 5.92 Å². The van der Waals surface area contributed by atoms with Crippen LogP contribution in [-0.2, 0) is 0 Å². The molecular weight excluding hydrogens is 222 g/mol. The molecule has 0 atom stereocenters. The fourth-order valence-electron chi connectivity index (χ4n) is 0.707. The Bertz CT molecular complexity index is 252. The smallest absolute Gasteiger partial charge is 0.0956 e. The summed E-state index contributed by atoms with van der Waals surface area (Å²) >= 11 is 4.97. The van der Waals surface area contributed by atoms with Gasteiger partial charge in [-0.2, -0.15) is 0 Å². The van der Waals surface area contributed by atoms with Crippen LogP contribution in [-0.4, -0.2) is 4.98 Å². The standard InChI is InChI=1S/C8H10BrNS/c1-6(2)8-10-5-7(11-8)3-4-9/h3-6H,1-2H3/b4-3+. The van der Waals surface area contributed by atoms with E-state index in [4.69, 9.17) is 0 Å². The Morgan fingerprint density at radius 1 is 1.64 bits per heavy atom. The normalized spacial score (nSPS) is 11.6. The first-order valence-corrected chi connectivity index (χ1v) is 5.19. The van der Waals surface area contributed by atoms with Gasteiger partial charge in [0.25, 0.3) is 0 Å². The lowest BCUT2D eigenvalue weighted by atomic mass is 10.2. The maximum absolute atomic E-state index is 4.28. The topological polar surface area (TPSA) is 12.9 Å². The molecule has 0 aliphatic carbocycles. The fourth-order valence-corrected chi connectivity index (χ4v) is 1.99. The SMILES string of the molecule is CC(C)c1ncc(/C=C/Br)s1. The van der Waals surface area contributed by atoms with Gasteiger partial charge in [-0.3, -0.25) is 0 Å². The minimum absolute atomic E-state index is 0.539. The van der Waals surface area contributed by atoms with Crippen molar-refractivity contribution in [1.29, 1.82) is 0 Å². The van der Waals surface area contributed by atoms with Gasteiger partial charge in [-0.05, 0) is 11.1 Å². The van der Waals surface area contributed by atoms with E-state index in [1.54, 1.807) is 11.3 Å². The summed E-state index contributed by atoms with van der Waals surface area (Å²) in [6, 6.07) is 0. The van der Waals surface area contributed by atoms with Gasteiger partial charge in [0, 0.05) is 17.0 Å². The number of halogens is 1. The molecule has 0 amide bonds. The van der Waals surface area contributed by atoms with Crippen molar-refractivity contribution in [2.24, 2.45) is 0 Å².